The summed E-state index contributed by atoms with van der Waals surface area (Å²) in [6.45, 7) is 0. The molecule has 172 valence electrons. The van der Waals surface area contributed by atoms with Gasteiger partial charge in [-0.1, -0.05) is 60.7 Å². The maximum Gasteiger partial charge on any atom is 0.262 e. The van der Waals surface area contributed by atoms with Crippen LogP contribution in [0.15, 0.2) is 109 Å². The molecule has 1 heterocycles. The number of para-hydroxylation sites is 1. The largest absolute Gasteiger partial charge is 0.457 e. The molecule has 0 radical (unpaired) electrons. The summed E-state index contributed by atoms with van der Waals surface area (Å²) in [5, 5.41) is 2.86. The molecule has 0 saturated heterocycles. The number of anilines is 1. The summed E-state index contributed by atoms with van der Waals surface area (Å²) in [5.74, 6) is -0.0464. The predicted octanol–water partition coefficient (Wildman–Crippen LogP) is 5.32. The van der Waals surface area contributed by atoms with Crippen molar-refractivity contribution in [2.45, 2.75) is 12.5 Å². The van der Waals surface area contributed by atoms with E-state index in [4.69, 9.17) is 4.74 Å². The maximum absolute atomic E-state index is 13.4. The van der Waals surface area contributed by atoms with Crippen LogP contribution in [0.1, 0.15) is 26.3 Å². The highest BCUT2D eigenvalue weighted by Crippen LogP contribution is 2.27. The smallest absolute Gasteiger partial charge is 0.262 e. The van der Waals surface area contributed by atoms with Gasteiger partial charge in [-0.25, -0.2) is 0 Å². The van der Waals surface area contributed by atoms with E-state index in [0.29, 0.717) is 28.3 Å². The quantitative estimate of drug-likeness (QED) is 0.377. The molecule has 6 nitrogen and oxygen atoms in total. The van der Waals surface area contributed by atoms with Crippen LogP contribution in [-0.2, 0) is 11.2 Å². The number of hydrogen-bond acceptors (Lipinski definition) is 4. The Kier molecular flexibility index (Phi) is 6.09. The summed E-state index contributed by atoms with van der Waals surface area (Å²) >= 11 is 0. The number of benzene rings is 4. The topological polar surface area (TPSA) is 75.7 Å². The number of fused-ring (bicyclic) bond motifs is 1. The molecule has 0 bridgehead atoms. The minimum absolute atomic E-state index is 0.202. The number of carbonyl (C=O) groups excluding carboxylic acids is 3. The van der Waals surface area contributed by atoms with Gasteiger partial charge < -0.3 is 10.1 Å². The lowest BCUT2D eigenvalue weighted by Gasteiger charge is -2.25. The molecular formula is C29H22N2O4. The molecule has 0 fully saturated rings. The molecule has 3 amide bonds. The van der Waals surface area contributed by atoms with Gasteiger partial charge in [0.05, 0.1) is 11.1 Å². The van der Waals surface area contributed by atoms with Crippen molar-refractivity contribution >= 4 is 23.4 Å². The summed E-state index contributed by atoms with van der Waals surface area (Å²) in [7, 11) is 0. The molecule has 6 heteroatoms. The number of amides is 3. The first-order valence-electron chi connectivity index (χ1n) is 11.2. The second kappa shape index (κ2) is 9.65. The summed E-state index contributed by atoms with van der Waals surface area (Å²) in [4.78, 5) is 40.7. The van der Waals surface area contributed by atoms with Crippen LogP contribution in [0, 0.1) is 0 Å². The van der Waals surface area contributed by atoms with E-state index in [0.717, 1.165) is 10.5 Å². The molecule has 5 rings (SSSR count). The highest BCUT2D eigenvalue weighted by molar-refractivity contribution is 6.23. The molecule has 1 aliphatic rings. The van der Waals surface area contributed by atoms with Gasteiger partial charge in [-0.15, -0.1) is 0 Å². The summed E-state index contributed by atoms with van der Waals surface area (Å²) in [5.41, 5.74) is 2.00. The van der Waals surface area contributed by atoms with E-state index >= 15 is 0 Å². The minimum atomic E-state index is -1.01. The zero-order valence-corrected chi connectivity index (χ0v) is 18.8. The van der Waals surface area contributed by atoms with Crippen molar-refractivity contribution < 1.29 is 19.1 Å². The molecule has 4 aromatic rings. The highest BCUT2D eigenvalue weighted by atomic mass is 16.5. The third-order valence-corrected chi connectivity index (χ3v) is 5.81. The lowest BCUT2D eigenvalue weighted by molar-refractivity contribution is -0.119. The van der Waals surface area contributed by atoms with Gasteiger partial charge in [0, 0.05) is 12.1 Å². The van der Waals surface area contributed by atoms with Gasteiger partial charge in [0.15, 0.2) is 0 Å². The average Bonchev–Trinajstić information content (AvgIpc) is 3.15. The number of nitrogens with zero attached hydrogens (tertiary/aromatic N) is 1. The number of rotatable bonds is 7. The first-order valence-corrected chi connectivity index (χ1v) is 11.2. The standard InChI is InChI=1S/C29H22N2O4/c32-27(30-21-15-17-23(18-16-21)35-22-11-5-2-6-12-22)26(19-20-9-3-1-4-10-20)31-28(33)24-13-7-8-14-25(24)29(31)34/h1-18,26H,19H2,(H,30,32)/t26-/m1/s1. The van der Waals surface area contributed by atoms with Gasteiger partial charge in [0.1, 0.15) is 17.5 Å². The molecule has 1 N–H and O–H groups in total. The van der Waals surface area contributed by atoms with Gasteiger partial charge in [-0.05, 0) is 54.1 Å². The summed E-state index contributed by atoms with van der Waals surface area (Å²) < 4.78 is 5.80. The fourth-order valence-electron chi connectivity index (χ4n) is 4.09. The molecular weight excluding hydrogens is 440 g/mol. The Hall–Kier alpha value is -4.71. The highest BCUT2D eigenvalue weighted by Gasteiger charge is 2.42. The maximum atomic E-state index is 13.4. The van der Waals surface area contributed by atoms with Gasteiger partial charge in [0.2, 0.25) is 5.91 Å². The van der Waals surface area contributed by atoms with Crippen molar-refractivity contribution in [1.29, 1.82) is 0 Å². The number of imide groups is 1. The van der Waals surface area contributed by atoms with E-state index in [9.17, 15) is 14.4 Å². The summed E-state index contributed by atoms with van der Waals surface area (Å²) in [6, 6.07) is 31.3. The molecule has 0 unspecified atom stereocenters. The Morgan fingerprint density at radius 1 is 0.686 bits per heavy atom. The SMILES string of the molecule is O=C(Nc1ccc(Oc2ccccc2)cc1)[C@@H](Cc1ccccc1)N1C(=O)c2ccccc2C1=O. The number of ether oxygens (including phenoxy) is 1. The van der Waals surface area contributed by atoms with E-state index in [2.05, 4.69) is 5.32 Å². The minimum Gasteiger partial charge on any atom is -0.457 e. The van der Waals surface area contributed by atoms with Gasteiger partial charge in [0.25, 0.3) is 11.8 Å². The van der Waals surface area contributed by atoms with Crippen LogP contribution in [-0.4, -0.2) is 28.7 Å². The van der Waals surface area contributed by atoms with Crippen LogP contribution >= 0.6 is 0 Å². The van der Waals surface area contributed by atoms with E-state index in [1.54, 1.807) is 48.5 Å². The van der Waals surface area contributed by atoms with E-state index in [1.165, 1.54) is 0 Å². The van der Waals surface area contributed by atoms with E-state index < -0.39 is 23.8 Å². The third kappa shape index (κ3) is 4.68. The number of hydrogen-bond donors (Lipinski definition) is 1. The van der Waals surface area contributed by atoms with Gasteiger partial charge >= 0.3 is 0 Å². The molecule has 0 aliphatic carbocycles. The third-order valence-electron chi connectivity index (χ3n) is 5.81. The molecule has 0 spiro atoms. The van der Waals surface area contributed by atoms with Crippen molar-refractivity contribution in [2.75, 3.05) is 5.32 Å². The monoisotopic (exact) mass is 462 g/mol. The molecule has 1 aliphatic heterocycles. The molecule has 4 aromatic carbocycles. The van der Waals surface area contributed by atoms with Crippen LogP contribution in [0.4, 0.5) is 5.69 Å². The molecule has 1 atom stereocenters. The van der Waals surface area contributed by atoms with Crippen LogP contribution in [0.5, 0.6) is 11.5 Å². The van der Waals surface area contributed by atoms with Gasteiger partial charge in [-0.2, -0.15) is 0 Å². The Balaban J connectivity index is 1.38. The Bertz CT molecular complexity index is 1330. The fourth-order valence-corrected chi connectivity index (χ4v) is 4.09. The molecule has 0 saturated carbocycles. The average molecular weight is 463 g/mol. The second-order valence-corrected chi connectivity index (χ2v) is 8.16. The van der Waals surface area contributed by atoms with E-state index in [1.807, 2.05) is 60.7 Å². The van der Waals surface area contributed by atoms with Crippen LogP contribution in [0.25, 0.3) is 0 Å². The van der Waals surface area contributed by atoms with Crippen LogP contribution < -0.4 is 10.1 Å². The van der Waals surface area contributed by atoms with E-state index in [-0.39, 0.29) is 6.42 Å². The number of carbonyl (C=O) groups is 3. The van der Waals surface area contributed by atoms with Crippen molar-refractivity contribution in [3.63, 3.8) is 0 Å². The molecule has 0 aromatic heterocycles. The lowest BCUT2D eigenvalue weighted by Crippen LogP contribution is -2.48. The molecule has 35 heavy (non-hydrogen) atoms. The van der Waals surface area contributed by atoms with Crippen LogP contribution in [0.3, 0.4) is 0 Å². The normalized spacial score (nSPS) is 13.3. The predicted molar refractivity (Wildman–Crippen MR) is 132 cm³/mol. The fraction of sp³-hybridized carbons (Fsp3) is 0.0690. The van der Waals surface area contributed by atoms with Crippen molar-refractivity contribution in [1.82, 2.24) is 4.90 Å². The van der Waals surface area contributed by atoms with Gasteiger partial charge in [-0.3, -0.25) is 19.3 Å². The zero-order valence-electron chi connectivity index (χ0n) is 18.8. The second-order valence-electron chi connectivity index (χ2n) is 8.16. The Labute approximate surface area is 202 Å². The first kappa shape index (κ1) is 22.1. The van der Waals surface area contributed by atoms with Crippen molar-refractivity contribution in [3.8, 4) is 11.5 Å². The van der Waals surface area contributed by atoms with Crippen molar-refractivity contribution in [3.05, 3.63) is 126 Å². The Morgan fingerprint density at radius 3 is 1.80 bits per heavy atom. The lowest BCUT2D eigenvalue weighted by atomic mass is 10.0. The Morgan fingerprint density at radius 2 is 1.20 bits per heavy atom. The summed E-state index contributed by atoms with van der Waals surface area (Å²) in [6.07, 6.45) is 0.202. The van der Waals surface area contributed by atoms with Crippen molar-refractivity contribution in [2.24, 2.45) is 0 Å². The first-order chi connectivity index (χ1) is 17.1. The number of nitrogens with one attached hydrogen (secondary N) is 1. The van der Waals surface area contributed by atoms with Crippen LogP contribution in [0.2, 0.25) is 0 Å². The zero-order chi connectivity index (χ0) is 24.2.